The monoisotopic (exact) mass is 389 g/mol. The van der Waals surface area contributed by atoms with Crippen LogP contribution < -0.4 is 9.64 Å². The van der Waals surface area contributed by atoms with E-state index in [1.54, 1.807) is 6.33 Å². The van der Waals surface area contributed by atoms with Gasteiger partial charge in [-0.05, 0) is 32.0 Å². The van der Waals surface area contributed by atoms with E-state index in [1.165, 1.54) is 0 Å². The van der Waals surface area contributed by atoms with Crippen LogP contribution in [-0.4, -0.2) is 43.1 Å². The van der Waals surface area contributed by atoms with E-state index in [1.807, 2.05) is 38.1 Å². The Morgan fingerprint density at radius 2 is 2.00 bits per heavy atom. The zero-order valence-corrected chi connectivity index (χ0v) is 16.8. The van der Waals surface area contributed by atoms with Gasteiger partial charge < -0.3 is 14.2 Å². The average molecular weight is 389 g/mol. The van der Waals surface area contributed by atoms with E-state index in [-0.39, 0.29) is 6.10 Å². The Balaban J connectivity index is 1.39. The zero-order chi connectivity index (χ0) is 20.0. The van der Waals surface area contributed by atoms with Crippen LogP contribution in [0.5, 0.6) is 5.75 Å². The van der Waals surface area contributed by atoms with Gasteiger partial charge in [0.05, 0.1) is 29.7 Å². The summed E-state index contributed by atoms with van der Waals surface area (Å²) in [6, 6.07) is 7.99. The van der Waals surface area contributed by atoms with E-state index in [2.05, 4.69) is 41.5 Å². The molecule has 0 saturated heterocycles. The maximum Gasteiger partial charge on any atom is 0.152 e. The van der Waals surface area contributed by atoms with Gasteiger partial charge in [-0.15, -0.1) is 10.2 Å². The summed E-state index contributed by atoms with van der Waals surface area (Å²) in [5.41, 5.74) is 3.74. The van der Waals surface area contributed by atoms with Gasteiger partial charge in [0.25, 0.3) is 0 Å². The highest BCUT2D eigenvalue weighted by molar-refractivity contribution is 6.21. The van der Waals surface area contributed by atoms with Crippen LogP contribution >= 0.6 is 0 Å². The molecule has 0 fully saturated rings. The van der Waals surface area contributed by atoms with Gasteiger partial charge in [0.1, 0.15) is 23.7 Å². The first-order valence-corrected chi connectivity index (χ1v) is 10.0. The Morgan fingerprint density at radius 3 is 2.83 bits per heavy atom. The topological polar surface area (TPSA) is 81.3 Å². The molecule has 0 saturated carbocycles. The van der Waals surface area contributed by atoms with Crippen LogP contribution in [0.1, 0.15) is 43.7 Å². The molecule has 5 rings (SSSR count). The van der Waals surface area contributed by atoms with Gasteiger partial charge in [-0.25, -0.2) is 15.0 Å². The molecular formula is C21H23N7O. The Kier molecular flexibility index (Phi) is 4.26. The number of ether oxygens (including phenoxy) is 1. The van der Waals surface area contributed by atoms with Crippen molar-refractivity contribution in [3.05, 3.63) is 53.5 Å². The lowest BCUT2D eigenvalue weighted by Crippen LogP contribution is -2.35. The first-order chi connectivity index (χ1) is 14.1. The number of rotatable bonds is 5. The van der Waals surface area contributed by atoms with E-state index in [4.69, 9.17) is 4.74 Å². The van der Waals surface area contributed by atoms with Crippen molar-refractivity contribution in [3.8, 4) is 5.75 Å². The Morgan fingerprint density at radius 1 is 1.10 bits per heavy atom. The van der Waals surface area contributed by atoms with Crippen molar-refractivity contribution >= 4 is 17.2 Å². The second-order valence-corrected chi connectivity index (χ2v) is 7.53. The predicted octanol–water partition coefficient (Wildman–Crippen LogP) is 2.92. The van der Waals surface area contributed by atoms with Gasteiger partial charge in [0, 0.05) is 31.1 Å². The average Bonchev–Trinajstić information content (AvgIpc) is 3.12. The summed E-state index contributed by atoms with van der Waals surface area (Å²) in [5.74, 6) is 3.76. The maximum absolute atomic E-state index is 5.82. The van der Waals surface area contributed by atoms with Crippen LogP contribution in [0.4, 0.5) is 11.5 Å². The largest absolute Gasteiger partial charge is 0.491 e. The van der Waals surface area contributed by atoms with Crippen LogP contribution in [0.2, 0.25) is 0 Å². The summed E-state index contributed by atoms with van der Waals surface area (Å²) in [7, 11) is 0. The Bertz CT molecular complexity index is 1100. The summed E-state index contributed by atoms with van der Waals surface area (Å²) in [5, 5.41) is 8.63. The van der Waals surface area contributed by atoms with Gasteiger partial charge in [0.15, 0.2) is 5.82 Å². The summed E-state index contributed by atoms with van der Waals surface area (Å²) in [4.78, 5) is 15.8. The zero-order valence-electron chi connectivity index (χ0n) is 16.8. The normalized spacial score (nSPS) is 14.9. The molecule has 29 heavy (non-hydrogen) atoms. The molecule has 148 valence electrons. The molecule has 0 aliphatic carbocycles. The first-order valence-electron chi connectivity index (χ1n) is 10.0. The number of aromatic nitrogens is 5. The molecule has 0 atom stereocenters. The fourth-order valence-corrected chi connectivity index (χ4v) is 3.80. The number of nitrogens with zero attached hydrogens (tertiary/aromatic N) is 7. The molecule has 2 aromatic heterocycles. The molecule has 8 heteroatoms. The lowest BCUT2D eigenvalue weighted by Gasteiger charge is -2.29. The number of aryl methyl sites for hydroxylation is 1. The van der Waals surface area contributed by atoms with Crippen molar-refractivity contribution in [1.82, 2.24) is 24.7 Å². The number of hydrogen-bond acceptors (Lipinski definition) is 7. The molecule has 0 N–H and O–H groups in total. The lowest BCUT2D eigenvalue weighted by atomic mass is 9.99. The van der Waals surface area contributed by atoms with E-state index in [9.17, 15) is 0 Å². The minimum Gasteiger partial charge on any atom is -0.491 e. The second-order valence-electron chi connectivity index (χ2n) is 7.53. The number of hydrogen-bond donors (Lipinski definition) is 0. The highest BCUT2D eigenvalue weighted by Crippen LogP contribution is 2.35. The van der Waals surface area contributed by atoms with Crippen LogP contribution in [0.3, 0.4) is 0 Å². The van der Waals surface area contributed by atoms with Crippen LogP contribution in [-0.2, 0) is 19.5 Å². The van der Waals surface area contributed by atoms with Crippen LogP contribution in [0.25, 0.3) is 0 Å². The highest BCUT2D eigenvalue weighted by Gasteiger charge is 2.25. The predicted molar refractivity (Wildman–Crippen MR) is 110 cm³/mol. The molecule has 0 amide bonds. The summed E-state index contributed by atoms with van der Waals surface area (Å²) >= 11 is 0. The number of aliphatic imine (C=N–C) groups is 1. The molecule has 3 aromatic rings. The first kappa shape index (κ1) is 17.8. The summed E-state index contributed by atoms with van der Waals surface area (Å²) < 4.78 is 8.03. The SMILES string of the molecule is CCc1nnc2n1CCN(c1cc(C3=Nc4ccc(OC(C)C)cc43)ncn1)C2. The number of benzene rings is 1. The van der Waals surface area contributed by atoms with E-state index in [0.29, 0.717) is 6.54 Å². The summed E-state index contributed by atoms with van der Waals surface area (Å²) in [6.45, 7) is 8.57. The van der Waals surface area contributed by atoms with Gasteiger partial charge in [0.2, 0.25) is 0 Å². The van der Waals surface area contributed by atoms with E-state index in [0.717, 1.165) is 65.4 Å². The molecule has 2 aliphatic rings. The van der Waals surface area contributed by atoms with Gasteiger partial charge in [-0.2, -0.15) is 0 Å². The van der Waals surface area contributed by atoms with Crippen LogP contribution in [0.15, 0.2) is 35.6 Å². The summed E-state index contributed by atoms with van der Waals surface area (Å²) in [6.07, 6.45) is 2.64. The highest BCUT2D eigenvalue weighted by atomic mass is 16.5. The molecule has 1 aromatic carbocycles. The van der Waals surface area contributed by atoms with E-state index < -0.39 is 0 Å². The van der Waals surface area contributed by atoms with Crippen molar-refractivity contribution in [2.75, 3.05) is 11.4 Å². The van der Waals surface area contributed by atoms with Crippen molar-refractivity contribution in [3.63, 3.8) is 0 Å². The molecule has 8 nitrogen and oxygen atoms in total. The smallest absolute Gasteiger partial charge is 0.152 e. The molecule has 0 unspecified atom stereocenters. The fraction of sp³-hybridized carbons (Fsp3) is 0.381. The molecule has 4 heterocycles. The molecule has 2 aliphatic heterocycles. The van der Waals surface area contributed by atoms with Crippen LogP contribution in [0, 0.1) is 0 Å². The quantitative estimate of drug-likeness (QED) is 0.522. The number of fused-ring (bicyclic) bond motifs is 2. The molecule has 0 bridgehead atoms. The van der Waals surface area contributed by atoms with Gasteiger partial charge in [-0.1, -0.05) is 6.92 Å². The van der Waals surface area contributed by atoms with Gasteiger partial charge >= 0.3 is 0 Å². The van der Waals surface area contributed by atoms with Crippen molar-refractivity contribution in [2.45, 2.75) is 46.4 Å². The van der Waals surface area contributed by atoms with Crippen molar-refractivity contribution in [2.24, 2.45) is 4.99 Å². The minimum absolute atomic E-state index is 0.133. The fourth-order valence-electron chi connectivity index (χ4n) is 3.80. The standard InChI is InChI=1S/C21H23N7O/c1-4-18-25-26-20-11-27(7-8-28(18)20)19-10-17(22-12-23-19)21-15-9-14(29-13(2)3)5-6-16(15)24-21/h5-6,9-10,12-13H,4,7-8,11H2,1-3H3. The lowest BCUT2D eigenvalue weighted by molar-refractivity contribution is 0.242. The third-order valence-electron chi connectivity index (χ3n) is 5.19. The van der Waals surface area contributed by atoms with Gasteiger partial charge in [-0.3, -0.25) is 0 Å². The third kappa shape index (κ3) is 3.14. The second kappa shape index (κ2) is 6.95. The molecule has 0 spiro atoms. The number of anilines is 1. The van der Waals surface area contributed by atoms with Crippen molar-refractivity contribution in [1.29, 1.82) is 0 Å². The third-order valence-corrected chi connectivity index (χ3v) is 5.19. The van der Waals surface area contributed by atoms with E-state index >= 15 is 0 Å². The minimum atomic E-state index is 0.133. The Labute approximate surface area is 169 Å². The molecular weight excluding hydrogens is 366 g/mol. The Hall–Kier alpha value is -3.29. The van der Waals surface area contributed by atoms with Crippen molar-refractivity contribution < 1.29 is 4.74 Å². The maximum atomic E-state index is 5.82. The molecule has 0 radical (unpaired) electrons.